The monoisotopic (exact) mass is 364 g/mol. The summed E-state index contributed by atoms with van der Waals surface area (Å²) in [6.45, 7) is 0.202. The molecule has 0 bridgehead atoms. The van der Waals surface area contributed by atoms with Crippen LogP contribution < -0.4 is 11.1 Å². The molecular weight excluding hydrogens is 340 g/mol. The molecule has 2 aromatic carbocycles. The van der Waals surface area contributed by atoms with Gasteiger partial charge in [0.2, 0.25) is 5.91 Å². The maximum absolute atomic E-state index is 12.6. The number of benzene rings is 2. The van der Waals surface area contributed by atoms with Gasteiger partial charge >= 0.3 is 5.97 Å². The van der Waals surface area contributed by atoms with Crippen LogP contribution in [0.2, 0.25) is 0 Å². The number of hydrogen-bond donors (Lipinski definition) is 2. The van der Waals surface area contributed by atoms with E-state index < -0.39 is 5.97 Å². The van der Waals surface area contributed by atoms with Crippen LogP contribution in [-0.4, -0.2) is 17.9 Å². The number of esters is 1. The van der Waals surface area contributed by atoms with Crippen molar-refractivity contribution in [2.75, 3.05) is 5.32 Å². The summed E-state index contributed by atoms with van der Waals surface area (Å²) in [6, 6.07) is 16.8. The van der Waals surface area contributed by atoms with Crippen molar-refractivity contribution in [3.05, 3.63) is 65.7 Å². The molecule has 2 aliphatic carbocycles. The Balaban J connectivity index is 1.36. The van der Waals surface area contributed by atoms with Gasteiger partial charge in [0.15, 0.2) is 0 Å². The van der Waals surface area contributed by atoms with Gasteiger partial charge in [0.1, 0.15) is 6.61 Å². The molecule has 2 saturated carbocycles. The molecule has 0 atom stereocenters. The second-order valence-corrected chi connectivity index (χ2v) is 7.87. The normalized spacial score (nSPS) is 26.0. The topological polar surface area (TPSA) is 81.4 Å². The first-order valence-corrected chi connectivity index (χ1v) is 9.41. The van der Waals surface area contributed by atoms with Crippen molar-refractivity contribution in [1.82, 2.24) is 0 Å². The number of nitrogens with one attached hydrogen (secondary N) is 1. The van der Waals surface area contributed by atoms with E-state index in [0.29, 0.717) is 22.7 Å². The van der Waals surface area contributed by atoms with Crippen LogP contribution in [-0.2, 0) is 16.1 Å². The largest absolute Gasteiger partial charge is 0.457 e. The number of anilines is 1. The van der Waals surface area contributed by atoms with Crippen LogP contribution in [0.3, 0.4) is 0 Å². The van der Waals surface area contributed by atoms with Crippen molar-refractivity contribution in [3.63, 3.8) is 0 Å². The van der Waals surface area contributed by atoms with Crippen LogP contribution in [0.25, 0.3) is 0 Å². The lowest BCUT2D eigenvalue weighted by Crippen LogP contribution is -2.55. The highest BCUT2D eigenvalue weighted by molar-refractivity contribution is 6.02. The Kier molecular flexibility index (Phi) is 4.70. The third-order valence-corrected chi connectivity index (χ3v) is 5.74. The van der Waals surface area contributed by atoms with Gasteiger partial charge in [-0.05, 0) is 48.8 Å². The maximum atomic E-state index is 12.6. The minimum Gasteiger partial charge on any atom is -0.457 e. The molecule has 5 nitrogen and oxygen atoms in total. The lowest BCUT2D eigenvalue weighted by atomic mass is 9.50. The van der Waals surface area contributed by atoms with Crippen molar-refractivity contribution < 1.29 is 14.3 Å². The van der Waals surface area contributed by atoms with Gasteiger partial charge in [0.05, 0.1) is 11.3 Å². The molecule has 0 heterocycles. The molecule has 2 aliphatic rings. The second kappa shape index (κ2) is 7.16. The summed E-state index contributed by atoms with van der Waals surface area (Å²) in [5.41, 5.74) is 7.99. The minimum atomic E-state index is -0.440. The van der Waals surface area contributed by atoms with Crippen molar-refractivity contribution in [2.45, 2.75) is 38.3 Å². The summed E-state index contributed by atoms with van der Waals surface area (Å²) < 4.78 is 5.40. The third kappa shape index (κ3) is 3.74. The fourth-order valence-electron chi connectivity index (χ4n) is 4.36. The number of nitrogens with two attached hydrogens (primary N) is 1. The average molecular weight is 364 g/mol. The van der Waals surface area contributed by atoms with E-state index in [2.05, 4.69) is 5.32 Å². The Hall–Kier alpha value is -2.66. The molecule has 0 radical (unpaired) electrons. The summed E-state index contributed by atoms with van der Waals surface area (Å²) in [6.07, 6.45) is 3.85. The van der Waals surface area contributed by atoms with Gasteiger partial charge in [0, 0.05) is 12.0 Å². The molecule has 2 fully saturated rings. The molecule has 0 aromatic heterocycles. The van der Waals surface area contributed by atoms with Crippen LogP contribution in [0.15, 0.2) is 54.6 Å². The smallest absolute Gasteiger partial charge is 0.340 e. The fraction of sp³-hybridized carbons (Fsp3) is 0.364. The molecule has 5 heteroatoms. The van der Waals surface area contributed by atoms with Gasteiger partial charge in [0.25, 0.3) is 0 Å². The third-order valence-electron chi connectivity index (χ3n) is 5.74. The van der Waals surface area contributed by atoms with E-state index in [1.165, 1.54) is 0 Å². The molecule has 140 valence electrons. The zero-order valence-corrected chi connectivity index (χ0v) is 15.2. The van der Waals surface area contributed by atoms with Crippen LogP contribution >= 0.6 is 0 Å². The molecule has 2 aromatic rings. The zero-order chi connectivity index (χ0) is 18.9. The summed E-state index contributed by atoms with van der Waals surface area (Å²) in [4.78, 5) is 25.0. The summed E-state index contributed by atoms with van der Waals surface area (Å²) in [5, 5.41) is 2.92. The fourth-order valence-corrected chi connectivity index (χ4v) is 4.36. The molecule has 3 N–H and O–H groups in total. The minimum absolute atomic E-state index is 0.00546. The Bertz CT molecular complexity index is 836. The predicted molar refractivity (Wildman–Crippen MR) is 103 cm³/mol. The molecule has 0 aliphatic heterocycles. The number of ether oxygens (including phenoxy) is 1. The quantitative estimate of drug-likeness (QED) is 0.796. The first-order valence-electron chi connectivity index (χ1n) is 9.41. The van der Waals surface area contributed by atoms with Crippen molar-refractivity contribution in [3.8, 4) is 0 Å². The Morgan fingerprint density at radius 2 is 1.67 bits per heavy atom. The number of carbonyl (C=O) groups is 2. The van der Waals surface area contributed by atoms with Crippen LogP contribution in [0.4, 0.5) is 5.69 Å². The number of carbonyl (C=O) groups excluding carboxylic acids is 2. The number of amides is 1. The summed E-state index contributed by atoms with van der Waals surface area (Å²) >= 11 is 0. The van der Waals surface area contributed by atoms with E-state index in [1.807, 2.05) is 30.3 Å². The van der Waals surface area contributed by atoms with Gasteiger partial charge in [-0.25, -0.2) is 4.79 Å². The van der Waals surface area contributed by atoms with Crippen molar-refractivity contribution in [2.24, 2.45) is 17.1 Å². The lowest BCUT2D eigenvalue weighted by molar-refractivity contribution is -0.132. The van der Waals surface area contributed by atoms with Crippen LogP contribution in [0.5, 0.6) is 0 Å². The van der Waals surface area contributed by atoms with Gasteiger partial charge < -0.3 is 15.8 Å². The first kappa shape index (κ1) is 17.7. The summed E-state index contributed by atoms with van der Waals surface area (Å²) in [7, 11) is 0. The number of rotatable bonds is 5. The molecule has 1 spiro atoms. The van der Waals surface area contributed by atoms with E-state index >= 15 is 0 Å². The standard InChI is InChI=1S/C22H24N2O3/c23-17-12-22(13-17)10-16(11-22)20(25)24-19-9-5-4-8-18(19)21(26)27-14-15-6-2-1-3-7-15/h1-9,16-17H,10-14,23H2,(H,24,25). The van der Waals surface area contributed by atoms with Gasteiger partial charge in [-0.2, -0.15) is 0 Å². The van der Waals surface area contributed by atoms with E-state index in [1.54, 1.807) is 24.3 Å². The SMILES string of the molecule is NC1CC2(C1)CC(C(=O)Nc1ccccc1C(=O)OCc1ccccc1)C2. The molecule has 0 saturated heterocycles. The van der Waals surface area contributed by atoms with Crippen molar-refractivity contribution in [1.29, 1.82) is 0 Å². The highest BCUT2D eigenvalue weighted by atomic mass is 16.5. The van der Waals surface area contributed by atoms with Crippen molar-refractivity contribution >= 4 is 17.6 Å². The second-order valence-electron chi connectivity index (χ2n) is 7.87. The van der Waals surface area contributed by atoms with E-state index in [-0.39, 0.29) is 18.4 Å². The Morgan fingerprint density at radius 3 is 2.37 bits per heavy atom. The summed E-state index contributed by atoms with van der Waals surface area (Å²) in [5.74, 6) is -0.458. The Labute approximate surface area is 158 Å². The van der Waals surface area contributed by atoms with Gasteiger partial charge in [-0.1, -0.05) is 42.5 Å². The van der Waals surface area contributed by atoms with Crippen LogP contribution in [0, 0.1) is 11.3 Å². The molecule has 0 unspecified atom stereocenters. The van der Waals surface area contributed by atoms with Gasteiger partial charge in [-0.3, -0.25) is 4.79 Å². The van der Waals surface area contributed by atoms with E-state index in [4.69, 9.17) is 10.5 Å². The zero-order valence-electron chi connectivity index (χ0n) is 15.2. The number of hydrogen-bond acceptors (Lipinski definition) is 4. The Morgan fingerprint density at radius 1 is 1.00 bits per heavy atom. The van der Waals surface area contributed by atoms with Crippen LogP contribution in [0.1, 0.15) is 41.6 Å². The number of para-hydroxylation sites is 1. The highest BCUT2D eigenvalue weighted by Gasteiger charge is 2.53. The molecule has 1 amide bonds. The maximum Gasteiger partial charge on any atom is 0.340 e. The highest BCUT2D eigenvalue weighted by Crippen LogP contribution is 2.58. The molecule has 4 rings (SSSR count). The predicted octanol–water partition coefficient (Wildman–Crippen LogP) is 3.50. The average Bonchev–Trinajstić information content (AvgIpc) is 2.62. The van der Waals surface area contributed by atoms with Gasteiger partial charge in [-0.15, -0.1) is 0 Å². The molecular formula is C22H24N2O3. The van der Waals surface area contributed by atoms with E-state index in [9.17, 15) is 9.59 Å². The first-order chi connectivity index (χ1) is 13.0. The lowest BCUT2D eigenvalue weighted by Gasteiger charge is -2.56. The molecule has 27 heavy (non-hydrogen) atoms. The van der Waals surface area contributed by atoms with E-state index in [0.717, 1.165) is 31.2 Å².